The Labute approximate surface area is 107 Å². The Bertz CT molecular complexity index is 569. The van der Waals surface area contributed by atoms with E-state index in [9.17, 15) is 0 Å². The Hall–Kier alpha value is -2.48. The van der Waals surface area contributed by atoms with E-state index in [4.69, 9.17) is 0 Å². The highest BCUT2D eigenvalue weighted by Gasteiger charge is 1.99. The van der Waals surface area contributed by atoms with Gasteiger partial charge in [0.2, 0.25) is 0 Å². The third-order valence-electron chi connectivity index (χ3n) is 2.33. The number of aromatic nitrogens is 2. The van der Waals surface area contributed by atoms with Crippen LogP contribution >= 0.6 is 0 Å². The average molecular weight is 234 g/mol. The molecule has 2 heteroatoms. The van der Waals surface area contributed by atoms with Gasteiger partial charge in [0.05, 0.1) is 5.69 Å². The molecule has 0 spiro atoms. The molecule has 18 heavy (non-hydrogen) atoms. The Morgan fingerprint density at radius 1 is 0.944 bits per heavy atom. The summed E-state index contributed by atoms with van der Waals surface area (Å²) >= 11 is 0. The van der Waals surface area contributed by atoms with E-state index < -0.39 is 0 Å². The zero-order chi connectivity index (χ0) is 12.6. The third kappa shape index (κ3) is 3.25. The second-order valence-electron chi connectivity index (χ2n) is 3.65. The van der Waals surface area contributed by atoms with Crippen molar-refractivity contribution in [2.45, 2.75) is 0 Å². The Morgan fingerprint density at radius 3 is 2.56 bits per heavy atom. The first-order chi connectivity index (χ1) is 8.90. The Kier molecular flexibility index (Phi) is 4.20. The highest BCUT2D eigenvalue weighted by atomic mass is 14.9. The first kappa shape index (κ1) is 12.0. The normalized spacial score (nSPS) is 11.1. The lowest BCUT2D eigenvalue weighted by molar-refractivity contribution is 1.16. The van der Waals surface area contributed by atoms with E-state index in [1.165, 1.54) is 0 Å². The minimum atomic E-state index is 0.741. The summed E-state index contributed by atoms with van der Waals surface area (Å²) in [6.45, 7) is 3.61. The maximum Gasteiger partial charge on any atom is 0.159 e. The Balaban J connectivity index is 2.23. The molecule has 0 saturated carbocycles. The van der Waals surface area contributed by atoms with E-state index >= 15 is 0 Å². The van der Waals surface area contributed by atoms with Gasteiger partial charge in [0.15, 0.2) is 5.82 Å². The van der Waals surface area contributed by atoms with Crippen molar-refractivity contribution in [3.05, 3.63) is 79.2 Å². The molecule has 0 aliphatic carbocycles. The summed E-state index contributed by atoms with van der Waals surface area (Å²) in [6, 6.07) is 11.8. The summed E-state index contributed by atoms with van der Waals surface area (Å²) in [4.78, 5) is 8.76. The first-order valence-corrected chi connectivity index (χ1v) is 5.74. The molecule has 0 N–H and O–H groups in total. The number of hydrogen-bond donors (Lipinski definition) is 0. The van der Waals surface area contributed by atoms with E-state index in [-0.39, 0.29) is 0 Å². The molecule has 0 unspecified atom stereocenters. The molecule has 0 aliphatic rings. The van der Waals surface area contributed by atoms with Crippen molar-refractivity contribution in [2.75, 3.05) is 0 Å². The standard InChI is InChI=1S/C16H14N2/c1-2-3-4-8-11-15-12-13-17-16(18-15)14-9-6-5-7-10-14/h2-13H,1H2/b4-3-,11-8+. The lowest BCUT2D eigenvalue weighted by Gasteiger charge is -2.00. The van der Waals surface area contributed by atoms with Crippen molar-refractivity contribution in [3.63, 3.8) is 0 Å². The molecule has 0 bridgehead atoms. The zero-order valence-electron chi connectivity index (χ0n) is 10.0. The third-order valence-corrected chi connectivity index (χ3v) is 2.33. The van der Waals surface area contributed by atoms with Gasteiger partial charge in [-0.2, -0.15) is 0 Å². The molecule has 0 atom stereocenters. The van der Waals surface area contributed by atoms with Gasteiger partial charge in [-0.25, -0.2) is 9.97 Å². The van der Waals surface area contributed by atoms with Crippen LogP contribution in [0.3, 0.4) is 0 Å². The van der Waals surface area contributed by atoms with Crippen molar-refractivity contribution in [3.8, 4) is 11.4 Å². The highest BCUT2D eigenvalue weighted by Crippen LogP contribution is 2.13. The number of allylic oxidation sites excluding steroid dienone is 4. The van der Waals surface area contributed by atoms with Gasteiger partial charge < -0.3 is 0 Å². The van der Waals surface area contributed by atoms with E-state index in [1.807, 2.05) is 60.7 Å². The topological polar surface area (TPSA) is 25.8 Å². The van der Waals surface area contributed by atoms with Crippen LogP contribution in [0.15, 0.2) is 73.5 Å². The van der Waals surface area contributed by atoms with Gasteiger partial charge in [-0.3, -0.25) is 0 Å². The molecular formula is C16H14N2. The van der Waals surface area contributed by atoms with Crippen LogP contribution in [0.1, 0.15) is 5.69 Å². The molecule has 2 nitrogen and oxygen atoms in total. The van der Waals surface area contributed by atoms with Gasteiger partial charge in [0.25, 0.3) is 0 Å². The number of hydrogen-bond acceptors (Lipinski definition) is 2. The molecule has 1 aromatic carbocycles. The van der Waals surface area contributed by atoms with Crippen molar-refractivity contribution < 1.29 is 0 Å². The summed E-state index contributed by atoms with van der Waals surface area (Å²) in [5, 5.41) is 0. The van der Waals surface area contributed by atoms with Crippen molar-refractivity contribution >= 4 is 6.08 Å². The van der Waals surface area contributed by atoms with Crippen molar-refractivity contribution in [1.29, 1.82) is 0 Å². The molecule has 0 aliphatic heterocycles. The van der Waals surface area contributed by atoms with Gasteiger partial charge in [-0.1, -0.05) is 61.2 Å². The van der Waals surface area contributed by atoms with Crippen LogP contribution in [-0.4, -0.2) is 9.97 Å². The summed E-state index contributed by atoms with van der Waals surface area (Å²) in [7, 11) is 0. The van der Waals surface area contributed by atoms with Crippen molar-refractivity contribution in [1.82, 2.24) is 9.97 Å². The maximum atomic E-state index is 4.48. The molecule has 88 valence electrons. The zero-order valence-corrected chi connectivity index (χ0v) is 10.0. The molecule has 0 saturated heterocycles. The Morgan fingerprint density at radius 2 is 1.78 bits per heavy atom. The number of benzene rings is 1. The van der Waals surface area contributed by atoms with Crippen LogP contribution in [0, 0.1) is 0 Å². The minimum absolute atomic E-state index is 0.741. The summed E-state index contributed by atoms with van der Waals surface area (Å²) < 4.78 is 0. The quantitative estimate of drug-likeness (QED) is 0.750. The van der Waals surface area contributed by atoms with Gasteiger partial charge in [-0.05, 0) is 12.1 Å². The minimum Gasteiger partial charge on any atom is -0.237 e. The van der Waals surface area contributed by atoms with E-state index in [1.54, 1.807) is 12.3 Å². The van der Waals surface area contributed by atoms with E-state index in [0.717, 1.165) is 17.1 Å². The van der Waals surface area contributed by atoms with Gasteiger partial charge in [-0.15, -0.1) is 0 Å². The second-order valence-corrected chi connectivity index (χ2v) is 3.65. The molecule has 2 aromatic rings. The van der Waals surface area contributed by atoms with Gasteiger partial charge >= 0.3 is 0 Å². The summed E-state index contributed by atoms with van der Waals surface area (Å²) in [6.07, 6.45) is 11.2. The summed E-state index contributed by atoms with van der Waals surface area (Å²) in [5.74, 6) is 0.741. The molecule has 0 fully saturated rings. The average Bonchev–Trinajstić information content (AvgIpc) is 2.45. The second kappa shape index (κ2) is 6.30. The van der Waals surface area contributed by atoms with E-state index in [0.29, 0.717) is 0 Å². The lowest BCUT2D eigenvalue weighted by Crippen LogP contribution is -1.90. The van der Waals surface area contributed by atoms with Crippen LogP contribution in [0.2, 0.25) is 0 Å². The van der Waals surface area contributed by atoms with Crippen molar-refractivity contribution in [2.24, 2.45) is 0 Å². The van der Waals surface area contributed by atoms with Crippen LogP contribution < -0.4 is 0 Å². The SMILES string of the molecule is C=C/C=C\C=C\c1ccnc(-c2ccccc2)n1. The largest absolute Gasteiger partial charge is 0.237 e. The van der Waals surface area contributed by atoms with Gasteiger partial charge in [0.1, 0.15) is 0 Å². The van der Waals surface area contributed by atoms with Crippen LogP contribution in [0.5, 0.6) is 0 Å². The molecule has 0 radical (unpaired) electrons. The lowest BCUT2D eigenvalue weighted by atomic mass is 10.2. The predicted molar refractivity (Wildman–Crippen MR) is 75.8 cm³/mol. The van der Waals surface area contributed by atoms with Crippen LogP contribution in [0.4, 0.5) is 0 Å². The fourth-order valence-corrected chi connectivity index (χ4v) is 1.49. The fraction of sp³-hybridized carbons (Fsp3) is 0. The first-order valence-electron chi connectivity index (χ1n) is 5.74. The molecular weight excluding hydrogens is 220 g/mol. The number of nitrogens with zero attached hydrogens (tertiary/aromatic N) is 2. The monoisotopic (exact) mass is 234 g/mol. The summed E-state index contributed by atoms with van der Waals surface area (Å²) in [5.41, 5.74) is 1.91. The number of rotatable bonds is 4. The highest BCUT2D eigenvalue weighted by molar-refractivity contribution is 5.57. The fourth-order valence-electron chi connectivity index (χ4n) is 1.49. The molecule has 0 amide bonds. The smallest absolute Gasteiger partial charge is 0.159 e. The van der Waals surface area contributed by atoms with Crippen LogP contribution in [-0.2, 0) is 0 Å². The molecule has 1 heterocycles. The molecule has 1 aromatic heterocycles. The maximum absolute atomic E-state index is 4.48. The van der Waals surface area contributed by atoms with E-state index in [2.05, 4.69) is 16.5 Å². The predicted octanol–water partition coefficient (Wildman–Crippen LogP) is 3.90. The van der Waals surface area contributed by atoms with Crippen LogP contribution in [0.25, 0.3) is 17.5 Å². The molecule has 2 rings (SSSR count). The van der Waals surface area contributed by atoms with Gasteiger partial charge in [0, 0.05) is 11.8 Å².